The van der Waals surface area contributed by atoms with Crippen molar-refractivity contribution >= 4 is 11.7 Å². The number of rotatable bonds is 7. The third kappa shape index (κ3) is 4.42. The Kier molecular flexibility index (Phi) is 6.21. The van der Waals surface area contributed by atoms with Gasteiger partial charge in [-0.3, -0.25) is 9.59 Å². The van der Waals surface area contributed by atoms with E-state index in [-0.39, 0.29) is 17.3 Å². The Morgan fingerprint density at radius 1 is 1.00 bits per heavy atom. The van der Waals surface area contributed by atoms with Crippen LogP contribution in [0.1, 0.15) is 62.8 Å². The van der Waals surface area contributed by atoms with Gasteiger partial charge in [0.2, 0.25) is 0 Å². The molecular formula is C25H29NO3. The van der Waals surface area contributed by atoms with Gasteiger partial charge in [0.25, 0.3) is 5.91 Å². The highest BCUT2D eigenvalue weighted by Gasteiger charge is 2.43. The third-order valence-electron chi connectivity index (χ3n) is 5.31. The van der Waals surface area contributed by atoms with Crippen molar-refractivity contribution < 1.29 is 14.7 Å². The van der Waals surface area contributed by atoms with Crippen LogP contribution in [0.5, 0.6) is 0 Å². The maximum Gasteiger partial charge on any atom is 0.290 e. The number of carbonyl (C=O) groups is 2. The van der Waals surface area contributed by atoms with Crippen molar-refractivity contribution in [2.75, 3.05) is 0 Å². The summed E-state index contributed by atoms with van der Waals surface area (Å²) in [6, 6.07) is 17.1. The zero-order chi connectivity index (χ0) is 21.1. The zero-order valence-electron chi connectivity index (χ0n) is 17.6. The lowest BCUT2D eigenvalue weighted by Gasteiger charge is -2.27. The van der Waals surface area contributed by atoms with Gasteiger partial charge in [-0.2, -0.15) is 0 Å². The number of aliphatic hydroxyl groups excluding tert-OH is 1. The molecule has 1 aliphatic heterocycles. The first-order valence-corrected chi connectivity index (χ1v) is 10.2. The molecule has 2 aromatic rings. The fourth-order valence-corrected chi connectivity index (χ4v) is 3.77. The minimum atomic E-state index is -0.574. The molecule has 1 atom stereocenters. The number of benzene rings is 2. The monoisotopic (exact) mass is 391 g/mol. The lowest BCUT2D eigenvalue weighted by atomic mass is 9.91. The van der Waals surface area contributed by atoms with E-state index >= 15 is 0 Å². The molecule has 4 nitrogen and oxygen atoms in total. The molecule has 2 aromatic carbocycles. The number of amides is 1. The van der Waals surface area contributed by atoms with Gasteiger partial charge in [-0.05, 0) is 28.5 Å². The molecule has 0 bridgehead atoms. The van der Waals surface area contributed by atoms with E-state index in [1.54, 1.807) is 4.90 Å². The maximum atomic E-state index is 13.0. The molecule has 152 valence electrons. The summed E-state index contributed by atoms with van der Waals surface area (Å²) in [6.45, 7) is 8.50. The zero-order valence-corrected chi connectivity index (χ0v) is 17.6. The quantitative estimate of drug-likeness (QED) is 0.695. The maximum absolute atomic E-state index is 13.0. The molecule has 0 aliphatic carbocycles. The second-order valence-corrected chi connectivity index (χ2v) is 8.43. The van der Waals surface area contributed by atoms with Gasteiger partial charge in [0.15, 0.2) is 11.5 Å². The standard InChI is InChI=1S/C25H29NO3/c1-16(2)14-21(27)22-23(20-12-10-19(11-13-20)17(3)4)26(25(29)24(22)28)15-18-8-6-5-7-9-18/h5-13,16-17,23,28H,14-15H2,1-4H3. The normalized spacial score (nSPS) is 17.0. The van der Waals surface area contributed by atoms with Crippen molar-refractivity contribution in [3.8, 4) is 0 Å². The van der Waals surface area contributed by atoms with Crippen LogP contribution in [0.2, 0.25) is 0 Å². The van der Waals surface area contributed by atoms with Crippen molar-refractivity contribution in [1.29, 1.82) is 0 Å². The van der Waals surface area contributed by atoms with Crippen LogP contribution in [-0.2, 0) is 16.1 Å². The number of nitrogens with zero attached hydrogens (tertiary/aromatic N) is 1. The molecule has 3 rings (SSSR count). The van der Waals surface area contributed by atoms with E-state index in [0.29, 0.717) is 18.9 Å². The number of aliphatic hydroxyl groups is 1. The lowest BCUT2D eigenvalue weighted by Crippen LogP contribution is -2.30. The minimum absolute atomic E-state index is 0.144. The molecule has 1 heterocycles. The van der Waals surface area contributed by atoms with Gasteiger partial charge in [0, 0.05) is 13.0 Å². The molecule has 0 radical (unpaired) electrons. The van der Waals surface area contributed by atoms with Crippen LogP contribution in [0, 0.1) is 5.92 Å². The topological polar surface area (TPSA) is 57.6 Å². The van der Waals surface area contributed by atoms with E-state index in [2.05, 4.69) is 13.8 Å². The van der Waals surface area contributed by atoms with Crippen LogP contribution in [0.3, 0.4) is 0 Å². The third-order valence-corrected chi connectivity index (χ3v) is 5.31. The van der Waals surface area contributed by atoms with E-state index in [4.69, 9.17) is 0 Å². The van der Waals surface area contributed by atoms with Crippen LogP contribution in [0.4, 0.5) is 0 Å². The molecule has 29 heavy (non-hydrogen) atoms. The van der Waals surface area contributed by atoms with E-state index in [1.807, 2.05) is 68.4 Å². The van der Waals surface area contributed by atoms with E-state index in [1.165, 1.54) is 5.56 Å². The fourth-order valence-electron chi connectivity index (χ4n) is 3.77. The highest BCUT2D eigenvalue weighted by Crippen LogP contribution is 2.40. The van der Waals surface area contributed by atoms with Crippen LogP contribution < -0.4 is 0 Å². The number of carbonyl (C=O) groups excluding carboxylic acids is 2. The molecule has 1 amide bonds. The van der Waals surface area contributed by atoms with Gasteiger partial charge in [-0.15, -0.1) is 0 Å². The first-order valence-electron chi connectivity index (χ1n) is 10.2. The number of Topliss-reactive ketones (excluding diaryl/α,β-unsaturated/α-hetero) is 1. The molecule has 0 aromatic heterocycles. The van der Waals surface area contributed by atoms with Gasteiger partial charge in [-0.25, -0.2) is 0 Å². The van der Waals surface area contributed by atoms with Gasteiger partial charge in [0.1, 0.15) is 0 Å². The Hall–Kier alpha value is -2.88. The highest BCUT2D eigenvalue weighted by molar-refractivity contribution is 6.09. The number of hydrogen-bond donors (Lipinski definition) is 1. The summed E-state index contributed by atoms with van der Waals surface area (Å²) in [5, 5.41) is 10.6. The summed E-state index contributed by atoms with van der Waals surface area (Å²) in [4.78, 5) is 27.5. The predicted octanol–water partition coefficient (Wildman–Crippen LogP) is 5.32. The van der Waals surface area contributed by atoms with Gasteiger partial charge in [0.05, 0.1) is 11.6 Å². The molecule has 0 saturated carbocycles. The fraction of sp³-hybridized carbons (Fsp3) is 0.360. The summed E-state index contributed by atoms with van der Waals surface area (Å²) in [5.41, 5.74) is 3.21. The average Bonchev–Trinajstić information content (AvgIpc) is 2.93. The van der Waals surface area contributed by atoms with E-state index < -0.39 is 17.7 Å². The Morgan fingerprint density at radius 2 is 1.62 bits per heavy atom. The first kappa shape index (κ1) is 20.8. The van der Waals surface area contributed by atoms with Crippen molar-refractivity contribution in [1.82, 2.24) is 4.90 Å². The SMILES string of the molecule is CC(C)CC(=O)C1=C(O)C(=O)N(Cc2ccccc2)C1c1ccc(C(C)C)cc1. The number of ketones is 1. The summed E-state index contributed by atoms with van der Waals surface area (Å²) in [6.07, 6.45) is 0.298. The van der Waals surface area contributed by atoms with Crippen LogP contribution >= 0.6 is 0 Å². The summed E-state index contributed by atoms with van der Waals surface area (Å²) < 4.78 is 0. The molecular weight excluding hydrogens is 362 g/mol. The Bertz CT molecular complexity index is 911. The molecule has 0 fully saturated rings. The number of hydrogen-bond acceptors (Lipinski definition) is 3. The van der Waals surface area contributed by atoms with Gasteiger partial charge < -0.3 is 10.0 Å². The molecule has 4 heteroatoms. The van der Waals surface area contributed by atoms with E-state index in [9.17, 15) is 14.7 Å². The second kappa shape index (κ2) is 8.64. The average molecular weight is 392 g/mol. The molecule has 1 N–H and O–H groups in total. The second-order valence-electron chi connectivity index (χ2n) is 8.43. The summed E-state index contributed by atoms with van der Waals surface area (Å²) >= 11 is 0. The van der Waals surface area contributed by atoms with E-state index in [0.717, 1.165) is 11.1 Å². The Labute approximate surface area is 172 Å². The molecule has 0 spiro atoms. The van der Waals surface area contributed by atoms with Crippen LogP contribution in [0.25, 0.3) is 0 Å². The molecule has 0 saturated heterocycles. The van der Waals surface area contributed by atoms with Crippen LogP contribution in [0.15, 0.2) is 65.9 Å². The van der Waals surface area contributed by atoms with Crippen molar-refractivity contribution in [3.63, 3.8) is 0 Å². The highest BCUT2D eigenvalue weighted by atomic mass is 16.3. The smallest absolute Gasteiger partial charge is 0.290 e. The summed E-state index contributed by atoms with van der Waals surface area (Å²) in [5.74, 6) is -0.534. The lowest BCUT2D eigenvalue weighted by molar-refractivity contribution is -0.130. The van der Waals surface area contributed by atoms with Gasteiger partial charge >= 0.3 is 0 Å². The van der Waals surface area contributed by atoms with Crippen molar-refractivity contribution in [2.45, 2.75) is 52.6 Å². The Balaban J connectivity index is 2.03. The van der Waals surface area contributed by atoms with Crippen molar-refractivity contribution in [2.24, 2.45) is 5.92 Å². The summed E-state index contributed by atoms with van der Waals surface area (Å²) in [7, 11) is 0. The first-order chi connectivity index (χ1) is 13.8. The molecule has 1 unspecified atom stereocenters. The van der Waals surface area contributed by atoms with Crippen LogP contribution in [-0.4, -0.2) is 21.7 Å². The molecule has 1 aliphatic rings. The predicted molar refractivity (Wildman–Crippen MR) is 114 cm³/mol. The largest absolute Gasteiger partial charge is 0.503 e. The van der Waals surface area contributed by atoms with Gasteiger partial charge in [-0.1, -0.05) is 82.3 Å². The van der Waals surface area contributed by atoms with Crippen molar-refractivity contribution in [3.05, 3.63) is 82.6 Å². The Morgan fingerprint density at radius 3 is 2.17 bits per heavy atom. The minimum Gasteiger partial charge on any atom is -0.503 e.